The van der Waals surface area contributed by atoms with Crippen LogP contribution in [-0.4, -0.2) is 20.9 Å². The largest absolute Gasteiger partial charge is 0.478 e. The Hall–Kier alpha value is -1.30. The van der Waals surface area contributed by atoms with Gasteiger partial charge in [-0.3, -0.25) is 4.57 Å². The van der Waals surface area contributed by atoms with Gasteiger partial charge >= 0.3 is 19.2 Å². The van der Waals surface area contributed by atoms with Gasteiger partial charge in [0.1, 0.15) is 0 Å². The Balaban J connectivity index is 3.17. The molecule has 0 saturated carbocycles. The monoisotopic (exact) mass is 252 g/mol. The van der Waals surface area contributed by atoms with E-state index < -0.39 is 24.8 Å². The fourth-order valence-corrected chi connectivity index (χ4v) is 1.47. The molecule has 0 heterocycles. The third-order valence-corrected chi connectivity index (χ3v) is 2.83. The van der Waals surface area contributed by atoms with Crippen molar-refractivity contribution in [2.75, 3.05) is 0 Å². The predicted molar refractivity (Wildman–Crippen MR) is 49.3 cm³/mol. The SMILES string of the molecule is O=C(O)c1ccc(C(F)(F)P(=O)(O)O)cc1. The topological polar surface area (TPSA) is 94.8 Å². The fourth-order valence-electron chi connectivity index (χ4n) is 0.982. The highest BCUT2D eigenvalue weighted by Crippen LogP contribution is 2.59. The van der Waals surface area contributed by atoms with Gasteiger partial charge in [-0.25, -0.2) is 4.79 Å². The molecule has 0 aliphatic heterocycles. The number of hydrogen-bond donors (Lipinski definition) is 3. The zero-order valence-corrected chi connectivity index (χ0v) is 8.57. The highest BCUT2D eigenvalue weighted by molar-refractivity contribution is 7.52. The summed E-state index contributed by atoms with van der Waals surface area (Å²) >= 11 is 0. The Labute approximate surface area is 88.5 Å². The van der Waals surface area contributed by atoms with Crippen molar-refractivity contribution in [3.63, 3.8) is 0 Å². The average Bonchev–Trinajstić information content (AvgIpc) is 2.16. The smallest absolute Gasteiger partial charge is 0.399 e. The first kappa shape index (κ1) is 12.8. The first-order valence-corrected chi connectivity index (χ1v) is 5.55. The molecule has 8 heteroatoms. The van der Waals surface area contributed by atoms with E-state index in [1.54, 1.807) is 0 Å². The molecule has 5 nitrogen and oxygen atoms in total. The van der Waals surface area contributed by atoms with Crippen molar-refractivity contribution in [1.82, 2.24) is 0 Å². The van der Waals surface area contributed by atoms with Crippen LogP contribution in [0.2, 0.25) is 0 Å². The Morgan fingerprint density at radius 1 is 1.19 bits per heavy atom. The lowest BCUT2D eigenvalue weighted by molar-refractivity contribution is 0.0563. The fraction of sp³-hybridized carbons (Fsp3) is 0.125. The molecule has 0 spiro atoms. The summed E-state index contributed by atoms with van der Waals surface area (Å²) in [6, 6.07) is 3.04. The highest BCUT2D eigenvalue weighted by Gasteiger charge is 2.50. The molecular weight excluding hydrogens is 245 g/mol. The number of benzene rings is 1. The van der Waals surface area contributed by atoms with Crippen molar-refractivity contribution < 1.29 is 33.0 Å². The van der Waals surface area contributed by atoms with Crippen molar-refractivity contribution in [3.05, 3.63) is 35.4 Å². The molecule has 0 bridgehead atoms. The second kappa shape index (κ2) is 3.93. The zero-order chi connectivity index (χ0) is 12.6. The zero-order valence-electron chi connectivity index (χ0n) is 7.67. The Kier molecular flexibility index (Phi) is 3.14. The molecule has 0 radical (unpaired) electrons. The molecule has 0 aromatic heterocycles. The summed E-state index contributed by atoms with van der Waals surface area (Å²) in [6.07, 6.45) is 0. The maximum Gasteiger partial charge on any atom is 0.399 e. The van der Waals surface area contributed by atoms with Gasteiger partial charge in [-0.05, 0) is 12.1 Å². The third-order valence-electron chi connectivity index (χ3n) is 1.85. The van der Waals surface area contributed by atoms with Crippen LogP contribution < -0.4 is 0 Å². The van der Waals surface area contributed by atoms with Crippen molar-refractivity contribution >= 4 is 13.6 Å². The van der Waals surface area contributed by atoms with Crippen LogP contribution in [0.15, 0.2) is 24.3 Å². The van der Waals surface area contributed by atoms with E-state index in [1.807, 2.05) is 0 Å². The molecule has 1 aromatic rings. The lowest BCUT2D eigenvalue weighted by Crippen LogP contribution is -2.13. The van der Waals surface area contributed by atoms with Gasteiger partial charge in [0, 0.05) is 5.56 Å². The van der Waals surface area contributed by atoms with Gasteiger partial charge in [-0.1, -0.05) is 12.1 Å². The predicted octanol–water partition coefficient (Wildman–Crippen LogP) is 1.61. The Bertz CT molecular complexity index is 450. The van der Waals surface area contributed by atoms with E-state index in [1.165, 1.54) is 0 Å². The van der Waals surface area contributed by atoms with Crippen LogP contribution in [0.5, 0.6) is 0 Å². The van der Waals surface area contributed by atoms with E-state index in [2.05, 4.69) is 0 Å². The summed E-state index contributed by atoms with van der Waals surface area (Å²) in [5, 5.41) is 8.50. The van der Waals surface area contributed by atoms with Gasteiger partial charge in [-0.2, -0.15) is 8.78 Å². The van der Waals surface area contributed by atoms with Crippen LogP contribution in [0.4, 0.5) is 8.78 Å². The normalized spacial score (nSPS) is 12.5. The van der Waals surface area contributed by atoms with Crippen molar-refractivity contribution in [3.8, 4) is 0 Å². The Morgan fingerprint density at radius 3 is 1.94 bits per heavy atom. The summed E-state index contributed by atoms with van der Waals surface area (Å²) in [5.74, 6) is -1.31. The Morgan fingerprint density at radius 2 is 1.62 bits per heavy atom. The summed E-state index contributed by atoms with van der Waals surface area (Å²) in [7, 11) is -5.61. The summed E-state index contributed by atoms with van der Waals surface area (Å²) < 4.78 is 36.7. The number of carbonyl (C=O) groups is 1. The number of aromatic carboxylic acids is 1. The second-order valence-electron chi connectivity index (χ2n) is 2.97. The molecule has 0 saturated heterocycles. The van der Waals surface area contributed by atoms with E-state index in [0.717, 1.165) is 12.1 Å². The van der Waals surface area contributed by atoms with Crippen LogP contribution in [0, 0.1) is 0 Å². The number of carboxylic acids is 1. The van der Waals surface area contributed by atoms with Gasteiger partial charge in [0.15, 0.2) is 0 Å². The van der Waals surface area contributed by atoms with Crippen LogP contribution in [0.3, 0.4) is 0 Å². The minimum Gasteiger partial charge on any atom is -0.478 e. The highest BCUT2D eigenvalue weighted by atomic mass is 31.2. The summed E-state index contributed by atoms with van der Waals surface area (Å²) in [4.78, 5) is 27.3. The summed E-state index contributed by atoms with van der Waals surface area (Å²) in [6.45, 7) is 0. The van der Waals surface area contributed by atoms with Crippen LogP contribution in [0.1, 0.15) is 15.9 Å². The van der Waals surface area contributed by atoms with Crippen LogP contribution >= 0.6 is 7.60 Å². The molecule has 0 atom stereocenters. The van der Waals surface area contributed by atoms with E-state index in [0.29, 0.717) is 12.1 Å². The van der Waals surface area contributed by atoms with Gasteiger partial charge in [0.05, 0.1) is 5.56 Å². The molecule has 0 unspecified atom stereocenters. The minimum absolute atomic E-state index is 0.245. The molecule has 3 N–H and O–H groups in total. The number of halogens is 2. The van der Waals surface area contributed by atoms with Gasteiger partial charge in [0.25, 0.3) is 0 Å². The number of carboxylic acid groups (broad SMARTS) is 1. The number of rotatable bonds is 3. The lowest BCUT2D eigenvalue weighted by atomic mass is 10.1. The molecule has 88 valence electrons. The van der Waals surface area contributed by atoms with E-state index in [-0.39, 0.29) is 5.56 Å². The summed E-state index contributed by atoms with van der Waals surface area (Å²) in [5.41, 5.74) is -5.49. The molecular formula is C8H7F2O5P. The van der Waals surface area contributed by atoms with Gasteiger partial charge in [0.2, 0.25) is 0 Å². The first-order valence-electron chi connectivity index (χ1n) is 3.93. The maximum atomic E-state index is 13.1. The quantitative estimate of drug-likeness (QED) is 0.710. The minimum atomic E-state index is -5.61. The maximum absolute atomic E-state index is 13.1. The van der Waals surface area contributed by atoms with Gasteiger partial charge in [-0.15, -0.1) is 0 Å². The molecule has 0 aliphatic rings. The van der Waals surface area contributed by atoms with Crippen LogP contribution in [0.25, 0.3) is 0 Å². The molecule has 1 aromatic carbocycles. The average molecular weight is 252 g/mol. The number of hydrogen-bond acceptors (Lipinski definition) is 2. The molecule has 0 aliphatic carbocycles. The second-order valence-corrected chi connectivity index (χ2v) is 4.62. The van der Waals surface area contributed by atoms with E-state index in [9.17, 15) is 18.1 Å². The number of alkyl halides is 2. The van der Waals surface area contributed by atoms with E-state index in [4.69, 9.17) is 14.9 Å². The molecule has 0 amide bonds. The lowest BCUT2D eigenvalue weighted by Gasteiger charge is -2.17. The third kappa shape index (κ3) is 2.27. The molecule has 0 fully saturated rings. The molecule has 1 rings (SSSR count). The first-order chi connectivity index (χ1) is 7.16. The van der Waals surface area contributed by atoms with Crippen LogP contribution in [-0.2, 0) is 10.2 Å². The van der Waals surface area contributed by atoms with Crippen molar-refractivity contribution in [2.45, 2.75) is 5.66 Å². The van der Waals surface area contributed by atoms with Crippen molar-refractivity contribution in [2.24, 2.45) is 0 Å². The van der Waals surface area contributed by atoms with E-state index >= 15 is 0 Å². The standard InChI is InChI=1S/C8H7F2O5P/c9-8(10,16(13,14)15)6-3-1-5(2-4-6)7(11)12/h1-4H,(H,11,12)(H2,13,14,15). The van der Waals surface area contributed by atoms with Gasteiger partial charge < -0.3 is 14.9 Å². The van der Waals surface area contributed by atoms with Crippen molar-refractivity contribution in [1.29, 1.82) is 0 Å². The molecule has 16 heavy (non-hydrogen) atoms.